The fourth-order valence-electron chi connectivity index (χ4n) is 3.14. The van der Waals surface area contributed by atoms with Crippen molar-refractivity contribution in [2.24, 2.45) is 0 Å². The maximum Gasteiger partial charge on any atom is 0.289 e. The number of rotatable bonds is 4. The molecule has 9 heteroatoms. The van der Waals surface area contributed by atoms with Crippen molar-refractivity contribution in [2.45, 2.75) is 13.0 Å². The molecular weight excluding hydrogens is 368 g/mol. The largest absolute Gasteiger partial charge is 0.459 e. The molecule has 0 aromatic carbocycles. The quantitative estimate of drug-likeness (QED) is 0.677. The molecule has 0 bridgehead atoms. The summed E-state index contributed by atoms with van der Waals surface area (Å²) >= 11 is 1.42. The summed E-state index contributed by atoms with van der Waals surface area (Å²) in [4.78, 5) is 45.5. The van der Waals surface area contributed by atoms with Gasteiger partial charge >= 0.3 is 0 Å². The Morgan fingerprint density at radius 2 is 1.93 bits per heavy atom. The third-order valence-electron chi connectivity index (χ3n) is 4.67. The van der Waals surface area contributed by atoms with Crippen LogP contribution in [-0.4, -0.2) is 57.3 Å². The molecule has 0 aliphatic carbocycles. The summed E-state index contributed by atoms with van der Waals surface area (Å²) in [6, 6.07) is 5.07. The van der Waals surface area contributed by atoms with E-state index in [-0.39, 0.29) is 23.8 Å². The Labute approximate surface area is 158 Å². The van der Waals surface area contributed by atoms with Crippen LogP contribution in [-0.2, 0) is 11.3 Å². The maximum absolute atomic E-state index is 12.5. The van der Waals surface area contributed by atoms with Crippen LogP contribution in [0.25, 0.3) is 10.2 Å². The number of hydrogen-bond donors (Lipinski definition) is 0. The van der Waals surface area contributed by atoms with Crippen LogP contribution >= 0.6 is 11.3 Å². The van der Waals surface area contributed by atoms with Gasteiger partial charge in [0.2, 0.25) is 5.91 Å². The van der Waals surface area contributed by atoms with Crippen molar-refractivity contribution in [1.82, 2.24) is 19.4 Å². The number of furan rings is 1. The van der Waals surface area contributed by atoms with E-state index in [1.807, 2.05) is 5.38 Å². The molecule has 0 atom stereocenters. The number of thiophene rings is 1. The lowest BCUT2D eigenvalue weighted by Gasteiger charge is -2.34. The first kappa shape index (κ1) is 17.5. The Kier molecular flexibility index (Phi) is 4.76. The molecule has 4 rings (SSSR count). The Bertz CT molecular complexity index is 1020. The molecule has 4 heterocycles. The van der Waals surface area contributed by atoms with Crippen LogP contribution < -0.4 is 5.56 Å². The molecule has 1 aliphatic heterocycles. The highest BCUT2D eigenvalue weighted by atomic mass is 32.1. The van der Waals surface area contributed by atoms with Gasteiger partial charge in [0.1, 0.15) is 4.83 Å². The monoisotopic (exact) mass is 386 g/mol. The van der Waals surface area contributed by atoms with Crippen LogP contribution in [0.1, 0.15) is 17.0 Å². The smallest absolute Gasteiger partial charge is 0.289 e. The van der Waals surface area contributed by atoms with E-state index in [2.05, 4.69) is 4.98 Å². The van der Waals surface area contributed by atoms with Crippen molar-refractivity contribution in [3.63, 3.8) is 0 Å². The molecule has 0 unspecified atom stereocenters. The van der Waals surface area contributed by atoms with Gasteiger partial charge in [0, 0.05) is 39.1 Å². The number of nitrogens with zero attached hydrogens (tertiary/aromatic N) is 4. The maximum atomic E-state index is 12.5. The van der Waals surface area contributed by atoms with Crippen LogP contribution in [0.3, 0.4) is 0 Å². The number of carbonyl (C=O) groups is 2. The zero-order valence-electron chi connectivity index (χ0n) is 14.5. The first-order valence-corrected chi connectivity index (χ1v) is 9.54. The lowest BCUT2D eigenvalue weighted by atomic mass is 10.2. The highest BCUT2D eigenvalue weighted by molar-refractivity contribution is 7.16. The van der Waals surface area contributed by atoms with Crippen LogP contribution in [0.2, 0.25) is 0 Å². The molecule has 1 saturated heterocycles. The zero-order chi connectivity index (χ0) is 18.8. The Morgan fingerprint density at radius 1 is 1.15 bits per heavy atom. The van der Waals surface area contributed by atoms with Crippen molar-refractivity contribution in [3.05, 3.63) is 52.3 Å². The summed E-state index contributed by atoms with van der Waals surface area (Å²) in [5, 5.41) is 2.41. The van der Waals surface area contributed by atoms with Gasteiger partial charge in [-0.05, 0) is 23.6 Å². The summed E-state index contributed by atoms with van der Waals surface area (Å²) in [6.07, 6.45) is 3.19. The number of aromatic nitrogens is 2. The van der Waals surface area contributed by atoms with Gasteiger partial charge in [-0.3, -0.25) is 19.0 Å². The minimum absolute atomic E-state index is 0.0302. The molecule has 0 saturated carbocycles. The van der Waals surface area contributed by atoms with E-state index in [0.29, 0.717) is 48.7 Å². The van der Waals surface area contributed by atoms with Crippen LogP contribution in [0.15, 0.2) is 45.4 Å². The molecule has 8 nitrogen and oxygen atoms in total. The van der Waals surface area contributed by atoms with E-state index < -0.39 is 0 Å². The third kappa shape index (κ3) is 3.50. The average molecular weight is 386 g/mol. The van der Waals surface area contributed by atoms with Crippen molar-refractivity contribution in [1.29, 1.82) is 0 Å². The average Bonchev–Trinajstić information content (AvgIpc) is 3.39. The minimum atomic E-state index is -0.159. The first-order chi connectivity index (χ1) is 13.1. The molecule has 1 fully saturated rings. The normalized spacial score (nSPS) is 14.7. The summed E-state index contributed by atoms with van der Waals surface area (Å²) in [5.74, 6) is 0.122. The lowest BCUT2D eigenvalue weighted by Crippen LogP contribution is -2.50. The topological polar surface area (TPSA) is 88.7 Å². The summed E-state index contributed by atoms with van der Waals surface area (Å²) in [7, 11) is 0. The highest BCUT2D eigenvalue weighted by Crippen LogP contribution is 2.14. The van der Waals surface area contributed by atoms with Gasteiger partial charge in [-0.15, -0.1) is 11.3 Å². The van der Waals surface area contributed by atoms with Gasteiger partial charge in [0.25, 0.3) is 11.5 Å². The fraction of sp³-hybridized carbons (Fsp3) is 0.333. The summed E-state index contributed by atoms with van der Waals surface area (Å²) in [5.41, 5.74) is -0.122. The SMILES string of the molecule is O=C(CCn1cnc2sccc2c1=O)N1CCN(C(=O)c2ccco2)CC1. The fourth-order valence-corrected chi connectivity index (χ4v) is 3.87. The molecular formula is C18H18N4O4S. The van der Waals surface area contributed by atoms with Gasteiger partial charge in [0.15, 0.2) is 5.76 Å². The second-order valence-corrected chi connectivity index (χ2v) is 7.18. The Balaban J connectivity index is 1.32. The molecule has 1 aliphatic rings. The Morgan fingerprint density at radius 3 is 2.67 bits per heavy atom. The zero-order valence-corrected chi connectivity index (χ0v) is 15.4. The number of hydrogen-bond acceptors (Lipinski definition) is 6. The van der Waals surface area contributed by atoms with Gasteiger partial charge in [0.05, 0.1) is 18.0 Å². The first-order valence-electron chi connectivity index (χ1n) is 8.66. The number of fused-ring (bicyclic) bond motifs is 1. The van der Waals surface area contributed by atoms with Crippen LogP contribution in [0.4, 0.5) is 0 Å². The second kappa shape index (κ2) is 7.36. The lowest BCUT2D eigenvalue weighted by molar-refractivity contribution is -0.132. The number of carbonyl (C=O) groups excluding carboxylic acids is 2. The number of piperazine rings is 1. The van der Waals surface area contributed by atoms with E-state index in [0.717, 1.165) is 0 Å². The molecule has 3 aromatic heterocycles. The molecule has 2 amide bonds. The molecule has 0 radical (unpaired) electrons. The predicted octanol–water partition coefficient (Wildman–Crippen LogP) is 1.43. The van der Waals surface area contributed by atoms with Crippen molar-refractivity contribution < 1.29 is 14.0 Å². The van der Waals surface area contributed by atoms with Crippen molar-refractivity contribution in [3.8, 4) is 0 Å². The molecule has 3 aromatic rings. The summed E-state index contributed by atoms with van der Waals surface area (Å²) < 4.78 is 6.61. The molecule has 27 heavy (non-hydrogen) atoms. The molecule has 140 valence electrons. The molecule has 0 spiro atoms. The number of amides is 2. The van der Waals surface area contributed by atoms with Gasteiger partial charge in [-0.25, -0.2) is 4.98 Å². The van der Waals surface area contributed by atoms with Gasteiger partial charge in [-0.2, -0.15) is 0 Å². The molecule has 0 N–H and O–H groups in total. The van der Waals surface area contributed by atoms with E-state index in [4.69, 9.17) is 4.42 Å². The predicted molar refractivity (Wildman–Crippen MR) is 99.7 cm³/mol. The minimum Gasteiger partial charge on any atom is -0.459 e. The Hall–Kier alpha value is -2.94. The van der Waals surface area contributed by atoms with Gasteiger partial charge < -0.3 is 14.2 Å². The van der Waals surface area contributed by atoms with E-state index in [9.17, 15) is 14.4 Å². The van der Waals surface area contributed by atoms with Crippen LogP contribution in [0, 0.1) is 0 Å². The van der Waals surface area contributed by atoms with E-state index >= 15 is 0 Å². The standard InChI is InChI=1S/C18H18N4O4S/c23-15(3-5-22-12-19-16-13(17(22)24)4-11-27-16)20-6-8-21(9-7-20)18(25)14-2-1-10-26-14/h1-2,4,10-12H,3,5-9H2. The van der Waals surface area contributed by atoms with E-state index in [1.165, 1.54) is 28.5 Å². The highest BCUT2D eigenvalue weighted by Gasteiger charge is 2.25. The second-order valence-electron chi connectivity index (χ2n) is 6.28. The van der Waals surface area contributed by atoms with Crippen LogP contribution in [0.5, 0.6) is 0 Å². The van der Waals surface area contributed by atoms with E-state index in [1.54, 1.807) is 28.0 Å². The van der Waals surface area contributed by atoms with Crippen molar-refractivity contribution in [2.75, 3.05) is 26.2 Å². The van der Waals surface area contributed by atoms with Crippen molar-refractivity contribution >= 4 is 33.4 Å². The third-order valence-corrected chi connectivity index (χ3v) is 5.49. The van der Waals surface area contributed by atoms with Gasteiger partial charge in [-0.1, -0.05) is 0 Å². The number of aryl methyl sites for hydroxylation is 1. The summed E-state index contributed by atoms with van der Waals surface area (Å²) in [6.45, 7) is 2.17.